The van der Waals surface area contributed by atoms with Crippen molar-refractivity contribution in [2.75, 3.05) is 25.7 Å². The van der Waals surface area contributed by atoms with Gasteiger partial charge in [0.15, 0.2) is 0 Å². The molecule has 0 N–H and O–H groups in total. The molecule has 1 heterocycles. The van der Waals surface area contributed by atoms with E-state index in [1.54, 1.807) is 0 Å². The van der Waals surface area contributed by atoms with Gasteiger partial charge in [0.2, 0.25) is 0 Å². The van der Waals surface area contributed by atoms with E-state index in [-0.39, 0.29) is 0 Å². The second-order valence-corrected chi connectivity index (χ2v) is 3.13. The van der Waals surface area contributed by atoms with E-state index in [0.717, 1.165) is 39.1 Å². The van der Waals surface area contributed by atoms with Gasteiger partial charge in [-0.25, -0.2) is 0 Å². The average molecular weight is 179 g/mol. The molecular weight excluding hydrogens is 164 g/mol. The minimum absolute atomic E-state index is 0.326. The number of halogens is 1. The molecule has 1 aliphatic rings. The lowest BCUT2D eigenvalue weighted by atomic mass is 10.2. The van der Waals surface area contributed by atoms with E-state index < -0.39 is 0 Å². The molecule has 3 heteroatoms. The third kappa shape index (κ3) is 3.94. The molecule has 1 fully saturated rings. The van der Waals surface area contributed by atoms with E-state index in [0.29, 0.717) is 12.0 Å². The van der Waals surface area contributed by atoms with Crippen molar-refractivity contribution in [1.82, 2.24) is 0 Å². The SMILES string of the molecule is ClCCCOC1CCCOC1. The summed E-state index contributed by atoms with van der Waals surface area (Å²) in [6.07, 6.45) is 3.54. The maximum atomic E-state index is 5.51. The molecule has 1 aliphatic heterocycles. The van der Waals surface area contributed by atoms with Crippen molar-refractivity contribution in [3.8, 4) is 0 Å². The molecule has 11 heavy (non-hydrogen) atoms. The lowest BCUT2D eigenvalue weighted by Gasteiger charge is -2.22. The van der Waals surface area contributed by atoms with Crippen molar-refractivity contribution in [3.05, 3.63) is 0 Å². The van der Waals surface area contributed by atoms with E-state index in [4.69, 9.17) is 21.1 Å². The van der Waals surface area contributed by atoms with Crippen LogP contribution in [0.2, 0.25) is 0 Å². The lowest BCUT2D eigenvalue weighted by molar-refractivity contribution is -0.0494. The summed E-state index contributed by atoms with van der Waals surface area (Å²) < 4.78 is 10.8. The van der Waals surface area contributed by atoms with Crippen LogP contribution in [0.1, 0.15) is 19.3 Å². The molecular formula is C8H15ClO2. The van der Waals surface area contributed by atoms with Gasteiger partial charge in [0, 0.05) is 19.1 Å². The summed E-state index contributed by atoms with van der Waals surface area (Å²) in [4.78, 5) is 0. The maximum absolute atomic E-state index is 5.51. The highest BCUT2D eigenvalue weighted by atomic mass is 35.5. The molecule has 1 unspecified atom stereocenters. The molecule has 0 aromatic heterocycles. The Morgan fingerprint density at radius 2 is 2.45 bits per heavy atom. The third-order valence-electron chi connectivity index (χ3n) is 1.75. The van der Waals surface area contributed by atoms with Gasteiger partial charge < -0.3 is 9.47 Å². The smallest absolute Gasteiger partial charge is 0.0809 e. The summed E-state index contributed by atoms with van der Waals surface area (Å²) in [6, 6.07) is 0. The van der Waals surface area contributed by atoms with Crippen LogP contribution in [0.15, 0.2) is 0 Å². The summed E-state index contributed by atoms with van der Waals surface area (Å²) in [5, 5.41) is 0. The highest BCUT2D eigenvalue weighted by molar-refractivity contribution is 6.17. The Bertz CT molecular complexity index is 92.1. The molecule has 0 aliphatic carbocycles. The van der Waals surface area contributed by atoms with Crippen LogP contribution in [-0.2, 0) is 9.47 Å². The van der Waals surface area contributed by atoms with Gasteiger partial charge in [0.05, 0.1) is 12.7 Å². The van der Waals surface area contributed by atoms with E-state index in [2.05, 4.69) is 0 Å². The molecule has 0 aromatic rings. The van der Waals surface area contributed by atoms with Gasteiger partial charge in [-0.05, 0) is 19.3 Å². The van der Waals surface area contributed by atoms with Gasteiger partial charge in [-0.1, -0.05) is 0 Å². The molecule has 0 amide bonds. The summed E-state index contributed by atoms with van der Waals surface area (Å²) >= 11 is 5.51. The summed E-state index contributed by atoms with van der Waals surface area (Å²) in [5.41, 5.74) is 0. The van der Waals surface area contributed by atoms with Gasteiger partial charge in [-0.3, -0.25) is 0 Å². The van der Waals surface area contributed by atoms with Crippen molar-refractivity contribution < 1.29 is 9.47 Å². The molecule has 1 saturated heterocycles. The van der Waals surface area contributed by atoms with Crippen LogP contribution in [0, 0.1) is 0 Å². The van der Waals surface area contributed by atoms with E-state index in [1.807, 2.05) is 0 Å². The van der Waals surface area contributed by atoms with Crippen molar-refractivity contribution >= 4 is 11.6 Å². The molecule has 1 rings (SSSR count). The summed E-state index contributed by atoms with van der Waals surface area (Å²) in [7, 11) is 0. The van der Waals surface area contributed by atoms with Crippen LogP contribution in [0.4, 0.5) is 0 Å². The minimum atomic E-state index is 0.326. The molecule has 1 atom stereocenters. The van der Waals surface area contributed by atoms with Crippen molar-refractivity contribution in [3.63, 3.8) is 0 Å². The Labute approximate surface area is 72.8 Å². The Morgan fingerprint density at radius 1 is 1.55 bits per heavy atom. The van der Waals surface area contributed by atoms with Crippen LogP contribution >= 0.6 is 11.6 Å². The average Bonchev–Trinajstić information content (AvgIpc) is 2.07. The quantitative estimate of drug-likeness (QED) is 0.483. The Morgan fingerprint density at radius 3 is 3.09 bits per heavy atom. The van der Waals surface area contributed by atoms with Gasteiger partial charge >= 0.3 is 0 Å². The predicted octanol–water partition coefficient (Wildman–Crippen LogP) is 1.81. The second-order valence-electron chi connectivity index (χ2n) is 2.75. The molecule has 2 nitrogen and oxygen atoms in total. The Kier molecular flexibility index (Phi) is 4.91. The predicted molar refractivity (Wildman–Crippen MR) is 45.1 cm³/mol. The molecule has 0 radical (unpaired) electrons. The van der Waals surface area contributed by atoms with Crippen LogP contribution in [0.25, 0.3) is 0 Å². The van der Waals surface area contributed by atoms with Gasteiger partial charge in [0.25, 0.3) is 0 Å². The number of alkyl halides is 1. The largest absolute Gasteiger partial charge is 0.379 e. The fourth-order valence-corrected chi connectivity index (χ4v) is 1.26. The zero-order valence-corrected chi connectivity index (χ0v) is 7.48. The summed E-state index contributed by atoms with van der Waals surface area (Å²) in [5.74, 6) is 0.688. The number of hydrogen-bond acceptors (Lipinski definition) is 2. The molecule has 0 saturated carbocycles. The monoisotopic (exact) mass is 178 g/mol. The number of hydrogen-bond donors (Lipinski definition) is 0. The van der Waals surface area contributed by atoms with Gasteiger partial charge in [-0.2, -0.15) is 0 Å². The second kappa shape index (κ2) is 5.81. The van der Waals surface area contributed by atoms with Crippen molar-refractivity contribution in [2.45, 2.75) is 25.4 Å². The zero-order chi connectivity index (χ0) is 7.94. The van der Waals surface area contributed by atoms with Gasteiger partial charge in [0.1, 0.15) is 0 Å². The van der Waals surface area contributed by atoms with E-state index >= 15 is 0 Å². The molecule has 0 bridgehead atoms. The standard InChI is InChI=1S/C8H15ClO2/c9-4-2-6-11-8-3-1-5-10-7-8/h8H,1-7H2. The zero-order valence-electron chi connectivity index (χ0n) is 6.72. The first-order valence-corrected chi connectivity index (χ1v) is 4.72. The maximum Gasteiger partial charge on any atom is 0.0809 e. The van der Waals surface area contributed by atoms with Crippen LogP contribution in [0.5, 0.6) is 0 Å². The van der Waals surface area contributed by atoms with E-state index in [9.17, 15) is 0 Å². The van der Waals surface area contributed by atoms with Crippen molar-refractivity contribution in [1.29, 1.82) is 0 Å². The highest BCUT2D eigenvalue weighted by Gasteiger charge is 2.13. The fourth-order valence-electron chi connectivity index (χ4n) is 1.15. The van der Waals surface area contributed by atoms with Crippen LogP contribution in [-0.4, -0.2) is 31.8 Å². The van der Waals surface area contributed by atoms with Crippen molar-refractivity contribution in [2.24, 2.45) is 0 Å². The van der Waals surface area contributed by atoms with Crippen LogP contribution in [0.3, 0.4) is 0 Å². The lowest BCUT2D eigenvalue weighted by Crippen LogP contribution is -2.25. The number of ether oxygens (including phenoxy) is 2. The molecule has 0 aromatic carbocycles. The first-order valence-electron chi connectivity index (χ1n) is 4.19. The fraction of sp³-hybridized carbons (Fsp3) is 1.00. The van der Waals surface area contributed by atoms with Crippen LogP contribution < -0.4 is 0 Å². The topological polar surface area (TPSA) is 18.5 Å². The molecule has 0 spiro atoms. The first kappa shape index (κ1) is 9.30. The third-order valence-corrected chi connectivity index (χ3v) is 2.02. The summed E-state index contributed by atoms with van der Waals surface area (Å²) in [6.45, 7) is 2.44. The van der Waals surface area contributed by atoms with Gasteiger partial charge in [-0.15, -0.1) is 11.6 Å². The normalized spacial score (nSPS) is 25.4. The van der Waals surface area contributed by atoms with E-state index in [1.165, 1.54) is 0 Å². The molecule has 66 valence electrons. The number of rotatable bonds is 4. The Hall–Kier alpha value is 0.210. The minimum Gasteiger partial charge on any atom is -0.379 e. The Balaban J connectivity index is 1.96. The first-order chi connectivity index (χ1) is 5.43. The highest BCUT2D eigenvalue weighted by Crippen LogP contribution is 2.09.